The molecular weight excluding hydrogens is 394 g/mol. The molecule has 0 radical (unpaired) electrons. The molecule has 1 aromatic heterocycles. The van der Waals surface area contributed by atoms with Crippen LogP contribution in [0, 0.1) is 6.92 Å². The first-order valence-corrected chi connectivity index (χ1v) is 9.07. The number of hydrogen-bond acceptors (Lipinski definition) is 3. The summed E-state index contributed by atoms with van der Waals surface area (Å²) in [7, 11) is 1.76. The summed E-state index contributed by atoms with van der Waals surface area (Å²) in [4.78, 5) is 12.5. The average molecular weight is 414 g/mol. The van der Waals surface area contributed by atoms with Gasteiger partial charge in [-0.15, -0.1) is 0 Å². The summed E-state index contributed by atoms with van der Waals surface area (Å²) in [5, 5.41) is 7.22. The van der Waals surface area contributed by atoms with Gasteiger partial charge in [0, 0.05) is 13.6 Å². The molecule has 0 unspecified atom stereocenters. The zero-order chi connectivity index (χ0) is 18.5. The minimum Gasteiger partial charge on any atom is -0.489 e. The Balaban J connectivity index is 1.67. The zero-order valence-electron chi connectivity index (χ0n) is 14.7. The molecule has 0 aliphatic carbocycles. The lowest BCUT2D eigenvalue weighted by atomic mass is 10.1. The third-order valence-corrected chi connectivity index (χ3v) is 5.01. The summed E-state index contributed by atoms with van der Waals surface area (Å²) >= 11 is 3.43. The van der Waals surface area contributed by atoms with Crippen molar-refractivity contribution in [3.8, 4) is 5.75 Å². The molecule has 0 bridgehead atoms. The second-order valence-corrected chi connectivity index (χ2v) is 6.72. The van der Waals surface area contributed by atoms with Gasteiger partial charge in [-0.25, -0.2) is 0 Å². The lowest BCUT2D eigenvalue weighted by molar-refractivity contribution is 0.0940. The molecule has 5 nitrogen and oxygen atoms in total. The molecule has 1 N–H and O–H groups in total. The fourth-order valence-electron chi connectivity index (χ4n) is 2.69. The monoisotopic (exact) mass is 413 g/mol. The first-order chi connectivity index (χ1) is 12.6. The second kappa shape index (κ2) is 8.19. The smallest absolute Gasteiger partial charge is 0.270 e. The van der Waals surface area contributed by atoms with Gasteiger partial charge < -0.3 is 10.1 Å². The molecule has 0 fully saturated rings. The molecule has 0 atom stereocenters. The van der Waals surface area contributed by atoms with E-state index in [-0.39, 0.29) is 5.91 Å². The lowest BCUT2D eigenvalue weighted by Gasteiger charge is -2.12. The maximum absolute atomic E-state index is 12.5. The summed E-state index contributed by atoms with van der Waals surface area (Å²) < 4.78 is 8.13. The van der Waals surface area contributed by atoms with Gasteiger partial charge in [0.2, 0.25) is 0 Å². The number of hydrogen-bond donors (Lipinski definition) is 1. The van der Waals surface area contributed by atoms with Gasteiger partial charge in [0.1, 0.15) is 18.1 Å². The molecule has 3 rings (SSSR count). The van der Waals surface area contributed by atoms with Gasteiger partial charge in [0.05, 0.1) is 10.2 Å². The Kier molecular flexibility index (Phi) is 5.73. The highest BCUT2D eigenvalue weighted by Crippen LogP contribution is 2.20. The van der Waals surface area contributed by atoms with Crippen LogP contribution in [-0.4, -0.2) is 15.7 Å². The molecule has 0 saturated heterocycles. The SMILES string of the molecule is Cc1nn(C)c(C(=O)NCc2ccccc2COc2ccccc2)c1Br. The Bertz CT molecular complexity index is 907. The van der Waals surface area contributed by atoms with Gasteiger partial charge in [-0.05, 0) is 46.1 Å². The molecule has 0 aliphatic rings. The van der Waals surface area contributed by atoms with Crippen molar-refractivity contribution in [2.45, 2.75) is 20.1 Å². The Labute approximate surface area is 161 Å². The molecule has 0 saturated carbocycles. The van der Waals surface area contributed by atoms with Crippen LogP contribution in [0.3, 0.4) is 0 Å². The summed E-state index contributed by atoms with van der Waals surface area (Å²) in [6.45, 7) is 2.73. The molecule has 1 heterocycles. The number of nitrogens with one attached hydrogen (secondary N) is 1. The van der Waals surface area contributed by atoms with Crippen molar-refractivity contribution in [3.05, 3.63) is 81.6 Å². The van der Waals surface area contributed by atoms with Crippen LogP contribution < -0.4 is 10.1 Å². The third-order valence-electron chi connectivity index (χ3n) is 4.06. The Morgan fingerprint density at radius 1 is 1.12 bits per heavy atom. The van der Waals surface area contributed by atoms with E-state index in [9.17, 15) is 4.79 Å². The van der Waals surface area contributed by atoms with Gasteiger partial charge in [0.15, 0.2) is 0 Å². The van der Waals surface area contributed by atoms with E-state index in [1.807, 2.05) is 61.5 Å². The molecule has 26 heavy (non-hydrogen) atoms. The van der Waals surface area contributed by atoms with Gasteiger partial charge in [0.25, 0.3) is 5.91 Å². The van der Waals surface area contributed by atoms with Crippen molar-refractivity contribution in [1.29, 1.82) is 0 Å². The van der Waals surface area contributed by atoms with Crippen molar-refractivity contribution >= 4 is 21.8 Å². The molecule has 0 aliphatic heterocycles. The van der Waals surface area contributed by atoms with Crippen LogP contribution in [0.1, 0.15) is 27.3 Å². The topological polar surface area (TPSA) is 56.2 Å². The minimum atomic E-state index is -0.168. The molecule has 6 heteroatoms. The number of aromatic nitrogens is 2. The lowest BCUT2D eigenvalue weighted by Crippen LogP contribution is -2.26. The predicted molar refractivity (Wildman–Crippen MR) is 104 cm³/mol. The Hall–Kier alpha value is -2.60. The summed E-state index contributed by atoms with van der Waals surface area (Å²) in [5.74, 6) is 0.652. The highest BCUT2D eigenvalue weighted by Gasteiger charge is 2.18. The largest absolute Gasteiger partial charge is 0.489 e. The maximum atomic E-state index is 12.5. The maximum Gasteiger partial charge on any atom is 0.270 e. The van der Waals surface area contributed by atoms with Gasteiger partial charge in [-0.2, -0.15) is 5.10 Å². The van der Waals surface area contributed by atoms with E-state index >= 15 is 0 Å². The first kappa shape index (κ1) is 18.2. The minimum absolute atomic E-state index is 0.168. The predicted octanol–water partition coefficient (Wildman–Crippen LogP) is 4.00. The first-order valence-electron chi connectivity index (χ1n) is 8.28. The highest BCUT2D eigenvalue weighted by molar-refractivity contribution is 9.10. The van der Waals surface area contributed by atoms with E-state index in [0.29, 0.717) is 18.8 Å². The number of carbonyl (C=O) groups excluding carboxylic acids is 1. The molecule has 0 spiro atoms. The highest BCUT2D eigenvalue weighted by atomic mass is 79.9. The Morgan fingerprint density at radius 2 is 1.77 bits per heavy atom. The van der Waals surface area contributed by atoms with E-state index in [1.54, 1.807) is 11.7 Å². The molecular formula is C20H20BrN3O2. The van der Waals surface area contributed by atoms with Crippen molar-refractivity contribution in [2.75, 3.05) is 0 Å². The number of benzene rings is 2. The number of para-hydroxylation sites is 1. The number of aryl methyl sites for hydroxylation is 2. The fourth-order valence-corrected chi connectivity index (χ4v) is 3.20. The zero-order valence-corrected chi connectivity index (χ0v) is 16.3. The average Bonchev–Trinajstić information content (AvgIpc) is 2.91. The summed E-state index contributed by atoms with van der Waals surface area (Å²) in [6, 6.07) is 17.6. The number of halogens is 1. The van der Waals surface area contributed by atoms with Gasteiger partial charge in [-0.3, -0.25) is 9.48 Å². The third kappa shape index (κ3) is 4.14. The van der Waals surface area contributed by atoms with Crippen LogP contribution in [0.25, 0.3) is 0 Å². The number of carbonyl (C=O) groups is 1. The number of amides is 1. The molecule has 1 amide bonds. The van der Waals surface area contributed by atoms with E-state index in [2.05, 4.69) is 26.3 Å². The van der Waals surface area contributed by atoms with Gasteiger partial charge >= 0.3 is 0 Å². The van der Waals surface area contributed by atoms with E-state index < -0.39 is 0 Å². The van der Waals surface area contributed by atoms with Crippen molar-refractivity contribution in [1.82, 2.24) is 15.1 Å². The molecule has 134 valence electrons. The van der Waals surface area contributed by atoms with E-state index in [0.717, 1.165) is 27.0 Å². The van der Waals surface area contributed by atoms with Crippen LogP contribution in [0.15, 0.2) is 59.1 Å². The number of nitrogens with zero attached hydrogens (tertiary/aromatic N) is 2. The fraction of sp³-hybridized carbons (Fsp3) is 0.200. The quantitative estimate of drug-likeness (QED) is 0.664. The van der Waals surface area contributed by atoms with Crippen LogP contribution in [0.4, 0.5) is 0 Å². The van der Waals surface area contributed by atoms with E-state index in [1.165, 1.54) is 0 Å². The molecule has 3 aromatic rings. The van der Waals surface area contributed by atoms with Crippen LogP contribution in [0.5, 0.6) is 5.75 Å². The van der Waals surface area contributed by atoms with Gasteiger partial charge in [-0.1, -0.05) is 42.5 Å². The Morgan fingerprint density at radius 3 is 2.42 bits per heavy atom. The van der Waals surface area contributed by atoms with Crippen molar-refractivity contribution in [2.24, 2.45) is 7.05 Å². The van der Waals surface area contributed by atoms with Crippen molar-refractivity contribution in [3.63, 3.8) is 0 Å². The van der Waals surface area contributed by atoms with Crippen LogP contribution in [0.2, 0.25) is 0 Å². The molecule has 2 aromatic carbocycles. The summed E-state index contributed by atoms with van der Waals surface area (Å²) in [5.41, 5.74) is 3.36. The standard InChI is InChI=1S/C20H20BrN3O2/c1-14-18(21)19(24(2)23-14)20(25)22-12-15-8-6-7-9-16(15)13-26-17-10-4-3-5-11-17/h3-11H,12-13H2,1-2H3,(H,22,25). The second-order valence-electron chi connectivity index (χ2n) is 5.92. The van der Waals surface area contributed by atoms with Crippen LogP contribution in [-0.2, 0) is 20.2 Å². The number of rotatable bonds is 6. The van der Waals surface area contributed by atoms with Crippen molar-refractivity contribution < 1.29 is 9.53 Å². The summed E-state index contributed by atoms with van der Waals surface area (Å²) in [6.07, 6.45) is 0. The van der Waals surface area contributed by atoms with E-state index in [4.69, 9.17) is 4.74 Å². The number of ether oxygens (including phenoxy) is 1. The van der Waals surface area contributed by atoms with Crippen LogP contribution >= 0.6 is 15.9 Å². The normalized spacial score (nSPS) is 10.6.